The molecule has 2 rings (SSSR count). The van der Waals surface area contributed by atoms with Gasteiger partial charge in [-0.3, -0.25) is 38.4 Å². The van der Waals surface area contributed by atoms with Crippen LogP contribution in [0.5, 0.6) is 0 Å². The van der Waals surface area contributed by atoms with Crippen LogP contribution in [0.3, 0.4) is 0 Å². The largest absolute Gasteiger partial charge is 0.462 e. The van der Waals surface area contributed by atoms with Crippen molar-refractivity contribution in [3.05, 3.63) is 21.8 Å². The fourth-order valence-electron chi connectivity index (χ4n) is 4.57. The minimum Gasteiger partial charge on any atom is -0.462 e. The van der Waals surface area contributed by atoms with E-state index in [1.165, 1.54) is 25.7 Å². The standard InChI is InChI=1S/C30H36I3N3O13/c1-14(37)45-12-19(47-16(3)39)10-34-28(42)22-24(31)23(29(43)35-11-20(48-17(4)40)13-46-15(2)38)26(33)27(25(22)32)36-9-7-6-8-21(30(36)44)49-18(5)41/h19-21H,6-13H2,1-5H3,(H,34,42)(H,35,43). The molecule has 3 amide bonds. The maximum Gasteiger partial charge on any atom is 0.303 e. The van der Waals surface area contributed by atoms with E-state index >= 15 is 0 Å². The summed E-state index contributed by atoms with van der Waals surface area (Å²) >= 11 is 5.64. The second kappa shape index (κ2) is 20.1. The molecular formula is C30H36I3N3O13. The summed E-state index contributed by atoms with van der Waals surface area (Å²) in [4.78, 5) is 101. The van der Waals surface area contributed by atoms with E-state index in [2.05, 4.69) is 10.6 Å². The number of anilines is 1. The summed E-state index contributed by atoms with van der Waals surface area (Å²) in [5.74, 6) is -5.16. The predicted octanol–water partition coefficient (Wildman–Crippen LogP) is 2.40. The topological polar surface area (TPSA) is 210 Å². The molecule has 1 saturated heterocycles. The number of amides is 3. The highest BCUT2D eigenvalue weighted by molar-refractivity contribution is 14.1. The lowest BCUT2D eigenvalue weighted by Gasteiger charge is -2.29. The van der Waals surface area contributed by atoms with Crippen molar-refractivity contribution < 1.29 is 62.0 Å². The Kier molecular flexibility index (Phi) is 17.4. The highest BCUT2D eigenvalue weighted by atomic mass is 127. The normalized spacial score (nSPS) is 15.6. The van der Waals surface area contributed by atoms with Crippen LogP contribution in [0.1, 0.15) is 74.6 Å². The van der Waals surface area contributed by atoms with Crippen molar-refractivity contribution >= 4 is 121 Å². The lowest BCUT2D eigenvalue weighted by molar-refractivity contribution is -0.155. The molecule has 49 heavy (non-hydrogen) atoms. The first kappa shape index (κ1) is 42.3. The summed E-state index contributed by atoms with van der Waals surface area (Å²) in [7, 11) is 0. The van der Waals surface area contributed by atoms with Crippen molar-refractivity contribution in [3.8, 4) is 0 Å². The average Bonchev–Trinajstić information content (AvgIpc) is 3.15. The summed E-state index contributed by atoms with van der Waals surface area (Å²) in [6.45, 7) is 4.87. The fraction of sp³-hybridized carbons (Fsp3) is 0.533. The third-order valence-corrected chi connectivity index (χ3v) is 9.74. The van der Waals surface area contributed by atoms with Gasteiger partial charge in [0.15, 0.2) is 18.3 Å². The first-order valence-corrected chi connectivity index (χ1v) is 18.0. The van der Waals surface area contributed by atoms with E-state index in [9.17, 15) is 38.4 Å². The molecule has 270 valence electrons. The molecule has 2 N–H and O–H groups in total. The molecule has 3 unspecified atom stereocenters. The molecule has 0 aromatic heterocycles. The zero-order valence-electron chi connectivity index (χ0n) is 27.3. The Morgan fingerprint density at radius 2 is 1.14 bits per heavy atom. The number of esters is 5. The third kappa shape index (κ3) is 13.1. The molecule has 1 heterocycles. The Morgan fingerprint density at radius 1 is 0.694 bits per heavy atom. The lowest BCUT2D eigenvalue weighted by Crippen LogP contribution is -2.43. The zero-order chi connectivity index (χ0) is 37.0. The lowest BCUT2D eigenvalue weighted by atomic mass is 10.1. The molecule has 19 heteroatoms. The molecule has 1 aliphatic rings. The van der Waals surface area contributed by atoms with Gasteiger partial charge in [-0.2, -0.15) is 0 Å². The molecule has 0 aliphatic carbocycles. The molecule has 1 fully saturated rings. The van der Waals surface area contributed by atoms with Gasteiger partial charge in [0, 0.05) is 44.7 Å². The van der Waals surface area contributed by atoms with E-state index in [1.54, 1.807) is 0 Å². The molecule has 0 spiro atoms. The maximum atomic E-state index is 13.8. The number of rotatable bonds is 14. The van der Waals surface area contributed by atoms with Gasteiger partial charge in [0.05, 0.1) is 37.0 Å². The number of ether oxygens (including phenoxy) is 5. The van der Waals surface area contributed by atoms with Crippen molar-refractivity contribution in [2.75, 3.05) is 37.7 Å². The minimum atomic E-state index is -1.09. The van der Waals surface area contributed by atoms with Gasteiger partial charge in [-0.15, -0.1) is 0 Å². The van der Waals surface area contributed by atoms with Crippen molar-refractivity contribution in [1.29, 1.82) is 0 Å². The summed E-state index contributed by atoms with van der Waals surface area (Å²) in [6.07, 6.45) is -1.76. The van der Waals surface area contributed by atoms with E-state index in [-0.39, 0.29) is 59.7 Å². The monoisotopic (exact) mass is 1030 g/mol. The zero-order valence-corrected chi connectivity index (χ0v) is 33.7. The van der Waals surface area contributed by atoms with Gasteiger partial charge in [-0.1, -0.05) is 0 Å². The quantitative estimate of drug-likeness (QED) is 0.156. The van der Waals surface area contributed by atoms with Crippen molar-refractivity contribution in [1.82, 2.24) is 10.6 Å². The predicted molar refractivity (Wildman–Crippen MR) is 195 cm³/mol. The van der Waals surface area contributed by atoms with Gasteiger partial charge in [-0.25, -0.2) is 0 Å². The molecule has 1 aromatic rings. The summed E-state index contributed by atoms with van der Waals surface area (Å²) in [6, 6.07) is 0. The number of carbonyl (C=O) groups is 8. The number of nitrogens with zero attached hydrogens (tertiary/aromatic N) is 1. The summed E-state index contributed by atoms with van der Waals surface area (Å²) in [5, 5.41) is 5.31. The Labute approximate surface area is 323 Å². The number of carbonyl (C=O) groups excluding carboxylic acids is 8. The first-order valence-electron chi connectivity index (χ1n) is 14.8. The van der Waals surface area contributed by atoms with E-state index in [1.807, 2.05) is 67.8 Å². The number of hydrogen-bond donors (Lipinski definition) is 2. The summed E-state index contributed by atoms with van der Waals surface area (Å²) < 4.78 is 26.4. The van der Waals surface area contributed by atoms with E-state index < -0.39 is 65.9 Å². The second-order valence-electron chi connectivity index (χ2n) is 10.6. The second-order valence-corrected chi connectivity index (χ2v) is 13.8. The minimum absolute atomic E-state index is 0.00774. The van der Waals surface area contributed by atoms with E-state index in [0.29, 0.717) is 20.0 Å². The van der Waals surface area contributed by atoms with Crippen LogP contribution in [0.2, 0.25) is 0 Å². The Balaban J connectivity index is 2.64. The molecule has 0 saturated carbocycles. The van der Waals surface area contributed by atoms with Crippen molar-refractivity contribution in [2.24, 2.45) is 0 Å². The Hall–Kier alpha value is -2.83. The van der Waals surface area contributed by atoms with E-state index in [4.69, 9.17) is 23.7 Å². The highest BCUT2D eigenvalue weighted by Gasteiger charge is 2.36. The number of hydrogen-bond acceptors (Lipinski definition) is 13. The molecular weight excluding hydrogens is 991 g/mol. The van der Waals surface area contributed by atoms with Gasteiger partial charge >= 0.3 is 29.8 Å². The molecule has 0 radical (unpaired) electrons. The third-order valence-electron chi connectivity index (χ3n) is 6.56. The van der Waals surface area contributed by atoms with Gasteiger partial charge in [0.25, 0.3) is 17.7 Å². The summed E-state index contributed by atoms with van der Waals surface area (Å²) in [5.41, 5.74) is 0.246. The van der Waals surface area contributed by atoms with Crippen LogP contribution >= 0.6 is 67.8 Å². The fourth-order valence-corrected chi connectivity index (χ4v) is 9.30. The Morgan fingerprint density at radius 3 is 1.53 bits per heavy atom. The average molecular weight is 1030 g/mol. The van der Waals surface area contributed by atoms with Crippen LogP contribution in [0.25, 0.3) is 0 Å². The van der Waals surface area contributed by atoms with Crippen LogP contribution in [0.15, 0.2) is 0 Å². The van der Waals surface area contributed by atoms with Crippen molar-refractivity contribution in [2.45, 2.75) is 72.2 Å². The Bertz CT molecular complexity index is 1410. The van der Waals surface area contributed by atoms with Gasteiger partial charge < -0.3 is 39.2 Å². The first-order chi connectivity index (χ1) is 22.9. The molecule has 1 aromatic carbocycles. The molecule has 16 nitrogen and oxygen atoms in total. The maximum absolute atomic E-state index is 13.8. The highest BCUT2D eigenvalue weighted by Crippen LogP contribution is 2.39. The number of halogens is 3. The number of nitrogens with one attached hydrogen (secondary N) is 2. The van der Waals surface area contributed by atoms with Crippen molar-refractivity contribution in [3.63, 3.8) is 0 Å². The smallest absolute Gasteiger partial charge is 0.303 e. The van der Waals surface area contributed by atoms with Gasteiger partial charge in [0.1, 0.15) is 13.2 Å². The molecule has 0 bridgehead atoms. The van der Waals surface area contributed by atoms with Crippen LogP contribution < -0.4 is 15.5 Å². The van der Waals surface area contributed by atoms with E-state index in [0.717, 1.165) is 13.8 Å². The van der Waals surface area contributed by atoms with Crippen LogP contribution in [0.4, 0.5) is 5.69 Å². The van der Waals surface area contributed by atoms with Crippen LogP contribution in [-0.4, -0.2) is 98.7 Å². The molecule has 1 aliphatic heterocycles. The number of benzene rings is 1. The SMILES string of the molecule is CC(=O)OCC(CNC(=O)c1c(I)c(C(=O)NCC(COC(C)=O)OC(C)=O)c(I)c(N2CCCCC(OC(C)=O)C2=O)c1I)OC(C)=O. The molecule has 3 atom stereocenters. The van der Waals surface area contributed by atoms with Gasteiger partial charge in [-0.05, 0) is 87.0 Å². The van der Waals surface area contributed by atoms with Crippen LogP contribution in [-0.2, 0) is 52.5 Å². The van der Waals surface area contributed by atoms with Gasteiger partial charge in [0.2, 0.25) is 0 Å². The van der Waals surface area contributed by atoms with Crippen LogP contribution in [0, 0.1) is 10.7 Å².